The van der Waals surface area contributed by atoms with Gasteiger partial charge in [0.1, 0.15) is 0 Å². The topological polar surface area (TPSA) is 79.5 Å². The van der Waals surface area contributed by atoms with Gasteiger partial charge in [-0.05, 0) is 68.0 Å². The van der Waals surface area contributed by atoms with Crippen molar-refractivity contribution in [2.45, 2.75) is 59.4 Å². The Balaban J connectivity index is 1.39. The van der Waals surface area contributed by atoms with E-state index in [4.69, 9.17) is 16.1 Å². The van der Waals surface area contributed by atoms with Crippen LogP contribution in [0.4, 0.5) is 0 Å². The van der Waals surface area contributed by atoms with E-state index >= 15 is 0 Å². The van der Waals surface area contributed by atoms with Gasteiger partial charge in [-0.2, -0.15) is 4.98 Å². The van der Waals surface area contributed by atoms with Crippen LogP contribution in [-0.4, -0.2) is 39.2 Å². The van der Waals surface area contributed by atoms with Gasteiger partial charge >= 0.3 is 5.97 Å². The van der Waals surface area contributed by atoms with Crippen molar-refractivity contribution in [1.82, 2.24) is 15.0 Å². The van der Waals surface area contributed by atoms with Crippen molar-refractivity contribution in [2.75, 3.05) is 13.1 Å². The lowest BCUT2D eigenvalue weighted by molar-refractivity contribution is -0.152. The summed E-state index contributed by atoms with van der Waals surface area (Å²) in [6.07, 6.45) is 4.01. The van der Waals surface area contributed by atoms with Crippen molar-refractivity contribution in [1.29, 1.82) is 0 Å². The van der Waals surface area contributed by atoms with Crippen molar-refractivity contribution in [3.05, 3.63) is 58.6 Å². The molecule has 1 saturated heterocycles. The lowest BCUT2D eigenvalue weighted by atomic mass is 9.75. The van der Waals surface area contributed by atoms with E-state index in [9.17, 15) is 9.90 Å². The standard InChI is InChI=1S/C28H34ClN3O3/c1-4-11-28(27(33)34)12-14-32(15-13-28)18-20-5-7-21(8-6-20)25-30-26(35-31-25)23-10-9-22(16-19(2)3)24(29)17-23/h5-10,17,19H,4,11-16,18H2,1-3H3,(H,33,34). The normalized spacial score (nSPS) is 16.0. The highest BCUT2D eigenvalue weighted by Gasteiger charge is 2.40. The molecule has 1 N–H and O–H groups in total. The molecule has 2 aromatic carbocycles. The van der Waals surface area contributed by atoms with Crippen LogP contribution >= 0.6 is 11.6 Å². The number of piperidine rings is 1. The largest absolute Gasteiger partial charge is 0.481 e. The lowest BCUT2D eigenvalue weighted by Gasteiger charge is -2.38. The number of nitrogens with zero attached hydrogens (tertiary/aromatic N) is 3. The van der Waals surface area contributed by atoms with Crippen molar-refractivity contribution >= 4 is 17.6 Å². The Morgan fingerprint density at radius 2 is 1.83 bits per heavy atom. The minimum Gasteiger partial charge on any atom is -0.481 e. The number of aliphatic carboxylic acids is 1. The molecule has 1 fully saturated rings. The van der Waals surface area contributed by atoms with Gasteiger partial charge in [0.05, 0.1) is 5.41 Å². The molecule has 0 atom stereocenters. The van der Waals surface area contributed by atoms with Gasteiger partial charge in [-0.15, -0.1) is 0 Å². The average Bonchev–Trinajstić information content (AvgIpc) is 3.32. The van der Waals surface area contributed by atoms with Gasteiger partial charge in [0.2, 0.25) is 5.82 Å². The molecule has 186 valence electrons. The molecule has 0 unspecified atom stereocenters. The van der Waals surface area contributed by atoms with Crippen LogP contribution in [0.1, 0.15) is 57.6 Å². The van der Waals surface area contributed by atoms with Crippen molar-refractivity contribution < 1.29 is 14.4 Å². The first-order valence-electron chi connectivity index (χ1n) is 12.5. The number of carbonyl (C=O) groups is 1. The fraction of sp³-hybridized carbons (Fsp3) is 0.464. The third kappa shape index (κ3) is 5.93. The number of halogens is 1. The Morgan fingerprint density at radius 3 is 2.43 bits per heavy atom. The van der Waals surface area contributed by atoms with Gasteiger partial charge < -0.3 is 9.63 Å². The molecule has 0 spiro atoms. The number of rotatable bonds is 9. The van der Waals surface area contributed by atoms with Crippen LogP contribution in [0.5, 0.6) is 0 Å². The first-order chi connectivity index (χ1) is 16.8. The maximum absolute atomic E-state index is 11.8. The van der Waals surface area contributed by atoms with Gasteiger partial charge in [-0.3, -0.25) is 9.69 Å². The van der Waals surface area contributed by atoms with E-state index in [1.54, 1.807) is 0 Å². The summed E-state index contributed by atoms with van der Waals surface area (Å²) in [5, 5.41) is 14.6. The zero-order valence-corrected chi connectivity index (χ0v) is 21.5. The van der Waals surface area contributed by atoms with Crippen molar-refractivity contribution in [3.63, 3.8) is 0 Å². The SMILES string of the molecule is CCCC1(C(=O)O)CCN(Cc2ccc(-c3noc(-c4ccc(CC(C)C)c(Cl)c4)n3)cc2)CC1. The van der Waals surface area contributed by atoms with E-state index in [1.165, 1.54) is 5.56 Å². The maximum atomic E-state index is 11.8. The van der Waals surface area contributed by atoms with Crippen LogP contribution < -0.4 is 0 Å². The first kappa shape index (κ1) is 25.4. The molecular weight excluding hydrogens is 462 g/mol. The van der Waals surface area contributed by atoms with Crippen LogP contribution in [0.25, 0.3) is 22.8 Å². The summed E-state index contributed by atoms with van der Waals surface area (Å²) < 4.78 is 5.52. The second kappa shape index (κ2) is 10.9. The molecular formula is C28H34ClN3O3. The summed E-state index contributed by atoms with van der Waals surface area (Å²) >= 11 is 6.47. The summed E-state index contributed by atoms with van der Waals surface area (Å²) in [4.78, 5) is 18.7. The van der Waals surface area contributed by atoms with Gasteiger partial charge in [0.25, 0.3) is 5.89 Å². The van der Waals surface area contributed by atoms with Gasteiger partial charge in [-0.1, -0.05) is 74.3 Å². The Kier molecular flexibility index (Phi) is 7.92. The van der Waals surface area contributed by atoms with Crippen molar-refractivity contribution in [2.24, 2.45) is 11.3 Å². The summed E-state index contributed by atoms with van der Waals surface area (Å²) in [5.74, 6) is 0.879. The molecule has 2 heterocycles. The molecule has 0 bridgehead atoms. The van der Waals surface area contributed by atoms with E-state index in [0.717, 1.165) is 55.6 Å². The van der Waals surface area contributed by atoms with Crippen molar-refractivity contribution in [3.8, 4) is 22.8 Å². The predicted molar refractivity (Wildman–Crippen MR) is 138 cm³/mol. The molecule has 35 heavy (non-hydrogen) atoms. The number of carboxylic acid groups (broad SMARTS) is 1. The quantitative estimate of drug-likeness (QED) is 0.355. The van der Waals surface area contributed by atoms with Gasteiger partial charge in [0.15, 0.2) is 0 Å². The summed E-state index contributed by atoms with van der Waals surface area (Å²) in [5.41, 5.74) is 3.45. The van der Waals surface area contributed by atoms with Gasteiger partial charge in [0, 0.05) is 22.7 Å². The lowest BCUT2D eigenvalue weighted by Crippen LogP contribution is -2.44. The minimum atomic E-state index is -0.642. The van der Waals surface area contributed by atoms with Crippen LogP contribution in [0, 0.1) is 11.3 Å². The zero-order valence-electron chi connectivity index (χ0n) is 20.8. The van der Waals surface area contributed by atoms with Crippen LogP contribution in [0.2, 0.25) is 5.02 Å². The number of aromatic nitrogens is 2. The van der Waals surface area contributed by atoms with E-state index in [1.807, 2.05) is 30.3 Å². The average molecular weight is 496 g/mol. The summed E-state index contributed by atoms with van der Waals surface area (Å²) in [7, 11) is 0. The van der Waals surface area contributed by atoms with Crippen LogP contribution in [0.15, 0.2) is 47.0 Å². The molecule has 3 aromatic rings. The molecule has 1 aliphatic heterocycles. The predicted octanol–water partition coefficient (Wildman–Crippen LogP) is 6.72. The van der Waals surface area contributed by atoms with E-state index < -0.39 is 11.4 Å². The Morgan fingerprint density at radius 1 is 1.14 bits per heavy atom. The Labute approximate surface area is 212 Å². The number of likely N-dealkylation sites (tertiary alicyclic amines) is 1. The molecule has 1 aromatic heterocycles. The molecule has 0 amide bonds. The first-order valence-corrected chi connectivity index (χ1v) is 12.8. The van der Waals surface area contributed by atoms with E-state index in [0.29, 0.717) is 35.5 Å². The van der Waals surface area contributed by atoms with E-state index in [-0.39, 0.29) is 0 Å². The Bertz CT molecular complexity index is 1150. The highest BCUT2D eigenvalue weighted by Crippen LogP contribution is 2.37. The summed E-state index contributed by atoms with van der Waals surface area (Å²) in [6.45, 7) is 8.82. The molecule has 0 saturated carbocycles. The minimum absolute atomic E-state index is 0.449. The smallest absolute Gasteiger partial charge is 0.309 e. The molecule has 7 heteroatoms. The molecule has 0 radical (unpaired) electrons. The molecule has 4 rings (SSSR count). The maximum Gasteiger partial charge on any atom is 0.309 e. The third-order valence-corrected chi connectivity index (χ3v) is 7.32. The number of carboxylic acids is 1. The fourth-order valence-corrected chi connectivity index (χ4v) is 5.21. The molecule has 0 aliphatic carbocycles. The molecule has 6 nitrogen and oxygen atoms in total. The second-order valence-corrected chi connectivity index (χ2v) is 10.5. The zero-order chi connectivity index (χ0) is 25.0. The van der Waals surface area contributed by atoms with Gasteiger partial charge in [-0.25, -0.2) is 0 Å². The van der Waals surface area contributed by atoms with E-state index in [2.05, 4.69) is 47.9 Å². The third-order valence-electron chi connectivity index (χ3n) is 6.97. The monoisotopic (exact) mass is 495 g/mol. The molecule has 1 aliphatic rings. The number of hydrogen-bond acceptors (Lipinski definition) is 5. The second-order valence-electron chi connectivity index (χ2n) is 10.1. The number of hydrogen-bond donors (Lipinski definition) is 1. The highest BCUT2D eigenvalue weighted by atomic mass is 35.5. The summed E-state index contributed by atoms with van der Waals surface area (Å²) in [6, 6.07) is 14.1. The van der Waals surface area contributed by atoms with Crippen LogP contribution in [0.3, 0.4) is 0 Å². The Hall–Kier alpha value is -2.70. The number of benzene rings is 2. The fourth-order valence-electron chi connectivity index (χ4n) is 4.95. The highest BCUT2D eigenvalue weighted by molar-refractivity contribution is 6.31. The van der Waals surface area contributed by atoms with Crippen LogP contribution in [-0.2, 0) is 17.8 Å².